The van der Waals surface area contributed by atoms with Gasteiger partial charge in [0, 0.05) is 6.42 Å². The number of carbonyl (C=O) groups excluding carboxylic acids is 1. The van der Waals surface area contributed by atoms with Crippen molar-refractivity contribution in [2.24, 2.45) is 0 Å². The van der Waals surface area contributed by atoms with E-state index in [-0.39, 0.29) is 12.5 Å². The summed E-state index contributed by atoms with van der Waals surface area (Å²) in [5.41, 5.74) is 0. The average molecular weight is 1180 g/mol. The summed E-state index contributed by atoms with van der Waals surface area (Å²) in [6.07, 6.45) is 54.0. The predicted molar refractivity (Wildman–Crippen MR) is 337 cm³/mol. The number of aliphatic hydroxyl groups excluding tert-OH is 8. The van der Waals surface area contributed by atoms with Gasteiger partial charge in [0.1, 0.15) is 48.8 Å². The number of carbonyl (C=O) groups is 1. The molecule has 0 aromatic heterocycles. The number of ether oxygens (including phenoxy) is 4. The summed E-state index contributed by atoms with van der Waals surface area (Å²) >= 11 is 0. The minimum atomic E-state index is -1.78. The van der Waals surface area contributed by atoms with Crippen LogP contribution in [0.3, 0.4) is 0 Å². The van der Waals surface area contributed by atoms with Gasteiger partial charge in [-0.15, -0.1) is 0 Å². The Morgan fingerprint density at radius 3 is 1.28 bits per heavy atom. The summed E-state index contributed by atoms with van der Waals surface area (Å²) in [5.74, 6) is -0.204. The number of unbranched alkanes of at least 4 members (excludes halogenated alkanes) is 32. The molecule has 12 unspecified atom stereocenters. The number of amides is 1. The van der Waals surface area contributed by atoms with Gasteiger partial charge >= 0.3 is 0 Å². The highest BCUT2D eigenvalue weighted by atomic mass is 16.7. The van der Waals surface area contributed by atoms with E-state index in [0.717, 1.165) is 83.5 Å². The van der Waals surface area contributed by atoms with Crippen LogP contribution in [0.15, 0.2) is 60.8 Å². The van der Waals surface area contributed by atoms with Crippen LogP contribution < -0.4 is 5.32 Å². The lowest BCUT2D eigenvalue weighted by molar-refractivity contribution is -0.359. The van der Waals surface area contributed by atoms with Gasteiger partial charge in [-0.3, -0.25) is 4.79 Å². The second-order valence-electron chi connectivity index (χ2n) is 23.9. The van der Waals surface area contributed by atoms with Gasteiger partial charge in [-0.1, -0.05) is 274 Å². The van der Waals surface area contributed by atoms with Gasteiger partial charge in [0.2, 0.25) is 5.91 Å². The standard InChI is InChI=1S/C69H125NO13/c1-3-5-7-9-11-13-15-17-18-19-20-21-22-23-24-25-26-27-28-29-30-31-32-33-34-35-36-37-38-39-40-41-43-45-47-49-51-53-61(74)70-57(58(73)52-50-48-46-44-42-16-14-12-10-8-6-4-2)56-80-68-66(79)64(77)67(60(55-72)82-68)83-69-65(78)63(76)62(75)59(54-71)81-69/h5,7,11,13,17-18,20-21,23-24,57-60,62-69,71-73,75-79H,3-4,6,8-10,12,14-16,19,22,25-56H2,1-2H3,(H,70,74)/b7-5-,13-11-,18-17-,21-20-,24-23-. The first-order valence-electron chi connectivity index (χ1n) is 34.0. The normalized spacial score (nSPS) is 24.2. The summed E-state index contributed by atoms with van der Waals surface area (Å²) in [6, 6.07) is -0.827. The molecule has 0 aromatic rings. The summed E-state index contributed by atoms with van der Waals surface area (Å²) in [7, 11) is 0. The van der Waals surface area contributed by atoms with Crippen molar-refractivity contribution < 1.29 is 64.6 Å². The fraction of sp³-hybridized carbons (Fsp3) is 0.841. The first-order chi connectivity index (χ1) is 40.6. The Bertz CT molecular complexity index is 1620. The summed E-state index contributed by atoms with van der Waals surface area (Å²) in [5, 5.41) is 87.3. The molecule has 83 heavy (non-hydrogen) atoms. The molecule has 1 amide bonds. The molecule has 0 radical (unpaired) electrons. The molecule has 2 aliphatic heterocycles. The Morgan fingerprint density at radius 2 is 0.831 bits per heavy atom. The number of allylic oxidation sites excluding steroid dienone is 10. The molecule has 0 spiro atoms. The van der Waals surface area contributed by atoms with Crippen molar-refractivity contribution in [3.63, 3.8) is 0 Å². The van der Waals surface area contributed by atoms with E-state index in [0.29, 0.717) is 12.8 Å². The lowest BCUT2D eigenvalue weighted by atomic mass is 9.97. The third kappa shape index (κ3) is 38.6. The van der Waals surface area contributed by atoms with Crippen LogP contribution in [0.25, 0.3) is 0 Å². The molecule has 2 heterocycles. The van der Waals surface area contributed by atoms with Crippen molar-refractivity contribution in [1.82, 2.24) is 5.32 Å². The summed E-state index contributed by atoms with van der Waals surface area (Å²) in [4.78, 5) is 13.3. The van der Waals surface area contributed by atoms with E-state index in [1.54, 1.807) is 0 Å². The maximum absolute atomic E-state index is 13.3. The van der Waals surface area contributed by atoms with Gasteiger partial charge in [0.25, 0.3) is 0 Å². The van der Waals surface area contributed by atoms with Crippen molar-refractivity contribution in [2.45, 2.75) is 351 Å². The summed E-state index contributed by atoms with van der Waals surface area (Å²) in [6.45, 7) is 2.75. The van der Waals surface area contributed by atoms with E-state index in [9.17, 15) is 45.6 Å². The zero-order valence-corrected chi connectivity index (χ0v) is 52.4. The lowest BCUT2D eigenvalue weighted by Gasteiger charge is -2.46. The van der Waals surface area contributed by atoms with Crippen LogP contribution in [-0.4, -0.2) is 140 Å². The fourth-order valence-electron chi connectivity index (χ4n) is 11.1. The van der Waals surface area contributed by atoms with Crippen LogP contribution in [0.4, 0.5) is 0 Å². The van der Waals surface area contributed by atoms with E-state index >= 15 is 0 Å². The molecule has 9 N–H and O–H groups in total. The van der Waals surface area contributed by atoms with Gasteiger partial charge in [-0.2, -0.15) is 0 Å². The smallest absolute Gasteiger partial charge is 0.220 e. The van der Waals surface area contributed by atoms with Crippen molar-refractivity contribution in [3.05, 3.63) is 60.8 Å². The molecule has 0 aliphatic carbocycles. The van der Waals surface area contributed by atoms with E-state index < -0.39 is 86.8 Å². The number of aliphatic hydroxyl groups is 8. The Hall–Kier alpha value is -2.31. The highest BCUT2D eigenvalue weighted by Gasteiger charge is 2.51. The molecule has 14 nitrogen and oxygen atoms in total. The van der Waals surface area contributed by atoms with Crippen molar-refractivity contribution in [1.29, 1.82) is 0 Å². The number of nitrogens with one attached hydrogen (secondary N) is 1. The highest BCUT2D eigenvalue weighted by molar-refractivity contribution is 5.76. The second kappa shape index (κ2) is 53.9. The number of hydrogen-bond acceptors (Lipinski definition) is 13. The van der Waals surface area contributed by atoms with Crippen molar-refractivity contribution >= 4 is 5.91 Å². The average Bonchev–Trinajstić information content (AvgIpc) is 3.58. The Kier molecular flexibility index (Phi) is 49.9. The highest BCUT2D eigenvalue weighted by Crippen LogP contribution is 2.30. The summed E-state index contributed by atoms with van der Waals surface area (Å²) < 4.78 is 22.8. The molecule has 0 aromatic carbocycles. The third-order valence-electron chi connectivity index (χ3n) is 16.5. The van der Waals surface area contributed by atoms with Gasteiger partial charge in [-0.25, -0.2) is 0 Å². The van der Waals surface area contributed by atoms with E-state index in [1.165, 1.54) is 167 Å². The quantitative estimate of drug-likeness (QED) is 0.0204. The molecule has 2 aliphatic rings. The minimum Gasteiger partial charge on any atom is -0.394 e. The second-order valence-corrected chi connectivity index (χ2v) is 23.9. The first kappa shape index (κ1) is 76.8. The Balaban J connectivity index is 1.56. The zero-order chi connectivity index (χ0) is 60.2. The predicted octanol–water partition coefficient (Wildman–Crippen LogP) is 13.3. The molecule has 2 fully saturated rings. The van der Waals surface area contributed by atoms with Crippen LogP contribution in [0, 0.1) is 0 Å². The molecular weight excluding hydrogens is 1050 g/mol. The maximum Gasteiger partial charge on any atom is 0.220 e. The van der Waals surface area contributed by atoms with Crippen LogP contribution in [0.2, 0.25) is 0 Å². The van der Waals surface area contributed by atoms with E-state index in [2.05, 4.69) is 79.9 Å². The van der Waals surface area contributed by atoms with Crippen LogP contribution >= 0.6 is 0 Å². The largest absolute Gasteiger partial charge is 0.394 e. The SMILES string of the molecule is CC/C=C\C/C=C\C/C=C\C/C=C\C/C=C\CCCCCCCCCCCCCCCCCCCCCCCC(=O)NC(COC1OC(CO)C(OC2OC(CO)C(O)C(O)C2O)C(O)C1O)C(O)CCCCCCCCCCCCCC. The molecule has 2 rings (SSSR count). The molecule has 14 heteroatoms. The maximum atomic E-state index is 13.3. The van der Waals surface area contributed by atoms with Crippen LogP contribution in [-0.2, 0) is 23.7 Å². The van der Waals surface area contributed by atoms with E-state index in [1.807, 2.05) is 0 Å². The van der Waals surface area contributed by atoms with Crippen molar-refractivity contribution in [3.8, 4) is 0 Å². The molecule has 484 valence electrons. The monoisotopic (exact) mass is 1180 g/mol. The number of rotatable bonds is 55. The van der Waals surface area contributed by atoms with Gasteiger partial charge in [0.05, 0.1) is 32.0 Å². The molecular formula is C69H125NO13. The zero-order valence-electron chi connectivity index (χ0n) is 52.4. The Labute approximate surface area is 505 Å². The van der Waals surface area contributed by atoms with Crippen LogP contribution in [0.5, 0.6) is 0 Å². The fourth-order valence-corrected chi connectivity index (χ4v) is 11.1. The molecule has 0 saturated carbocycles. The van der Waals surface area contributed by atoms with Crippen LogP contribution in [0.1, 0.15) is 277 Å². The van der Waals surface area contributed by atoms with Gasteiger partial charge < -0.3 is 65.1 Å². The number of hydrogen-bond donors (Lipinski definition) is 9. The molecule has 0 bridgehead atoms. The molecule has 12 atom stereocenters. The Morgan fingerprint density at radius 1 is 0.446 bits per heavy atom. The van der Waals surface area contributed by atoms with Crippen molar-refractivity contribution in [2.75, 3.05) is 19.8 Å². The van der Waals surface area contributed by atoms with E-state index in [4.69, 9.17) is 18.9 Å². The topological polar surface area (TPSA) is 228 Å². The molecule has 2 saturated heterocycles. The van der Waals surface area contributed by atoms with Gasteiger partial charge in [0.15, 0.2) is 12.6 Å². The first-order valence-corrected chi connectivity index (χ1v) is 34.0. The van der Waals surface area contributed by atoms with Gasteiger partial charge in [-0.05, 0) is 57.8 Å². The third-order valence-corrected chi connectivity index (χ3v) is 16.5. The lowest BCUT2D eigenvalue weighted by Crippen LogP contribution is -2.65. The minimum absolute atomic E-state index is 0.204.